The summed E-state index contributed by atoms with van der Waals surface area (Å²) >= 11 is 0. The third-order valence-corrected chi connectivity index (χ3v) is 7.09. The molecule has 0 atom stereocenters. The quantitative estimate of drug-likeness (QED) is 0.123. The predicted octanol–water partition coefficient (Wildman–Crippen LogP) is 6.28. The molecule has 0 aliphatic heterocycles. The first-order valence-electron chi connectivity index (χ1n) is 13.6. The minimum Gasteiger partial charge on any atom is -0.511 e. The average Bonchev–Trinajstić information content (AvgIpc) is 3.01. The van der Waals surface area contributed by atoms with Crippen LogP contribution in [0.4, 0.5) is 11.4 Å². The molecule has 8 heteroatoms. The van der Waals surface area contributed by atoms with Gasteiger partial charge in [-0.15, -0.1) is 0 Å². The van der Waals surface area contributed by atoms with E-state index in [4.69, 9.17) is 0 Å². The van der Waals surface area contributed by atoms with Gasteiger partial charge in [0.2, 0.25) is 0 Å². The molecule has 0 aliphatic carbocycles. The summed E-state index contributed by atoms with van der Waals surface area (Å²) < 4.78 is 0. The van der Waals surface area contributed by atoms with Crippen molar-refractivity contribution < 1.29 is 30.0 Å². The monoisotopic (exact) mass is 578 g/mol. The number of anilines is 2. The Morgan fingerprint density at radius 3 is 1.21 bits per heavy atom. The number of aryl methyl sites for hydroxylation is 2. The van der Waals surface area contributed by atoms with Gasteiger partial charge in [0.1, 0.15) is 16.9 Å². The molecule has 0 radical (unpaired) electrons. The van der Waals surface area contributed by atoms with Crippen LogP contribution in [0.15, 0.2) is 109 Å². The van der Waals surface area contributed by atoms with Crippen LogP contribution in [-0.4, -0.2) is 45.5 Å². The molecule has 0 bridgehead atoms. The van der Waals surface area contributed by atoms with Gasteiger partial charge in [-0.05, 0) is 85.7 Å². The van der Waals surface area contributed by atoms with Gasteiger partial charge in [-0.25, -0.2) is 0 Å². The van der Waals surface area contributed by atoms with Crippen LogP contribution in [0.25, 0.3) is 12.2 Å². The van der Waals surface area contributed by atoms with Gasteiger partial charge in [0.05, 0.1) is 13.2 Å². The van der Waals surface area contributed by atoms with E-state index in [1.165, 1.54) is 12.2 Å². The number of hydrogen-bond donors (Lipinski definition) is 6. The molecule has 0 spiro atoms. The Bertz CT molecular complexity index is 1500. The highest BCUT2D eigenvalue weighted by Gasteiger charge is 2.38. The fraction of sp³-hybridized carbons (Fsp3) is 0.143. The van der Waals surface area contributed by atoms with Crippen LogP contribution in [-0.2, 0) is 0 Å². The third-order valence-electron chi connectivity index (χ3n) is 7.09. The molecule has 0 saturated heterocycles. The largest absolute Gasteiger partial charge is 0.511 e. The van der Waals surface area contributed by atoms with Crippen molar-refractivity contribution in [1.82, 2.24) is 0 Å². The van der Waals surface area contributed by atoms with Crippen LogP contribution in [0, 0.1) is 19.3 Å². The van der Waals surface area contributed by atoms with E-state index in [2.05, 4.69) is 10.6 Å². The summed E-state index contributed by atoms with van der Waals surface area (Å²) in [4.78, 5) is 25.2. The molecular formula is C35H34N2O6. The molecule has 0 unspecified atom stereocenters. The second-order valence-corrected chi connectivity index (χ2v) is 10.3. The maximum atomic E-state index is 12.6. The van der Waals surface area contributed by atoms with Gasteiger partial charge >= 0.3 is 0 Å². The lowest BCUT2D eigenvalue weighted by atomic mass is 9.83. The van der Waals surface area contributed by atoms with E-state index in [0.717, 1.165) is 11.1 Å². The second-order valence-electron chi connectivity index (χ2n) is 10.3. The fourth-order valence-electron chi connectivity index (χ4n) is 4.24. The Morgan fingerprint density at radius 2 is 0.907 bits per heavy atom. The minimum atomic E-state index is -1.89. The Kier molecular flexibility index (Phi) is 9.77. The van der Waals surface area contributed by atoms with E-state index in [-0.39, 0.29) is 11.8 Å². The first-order valence-corrected chi connectivity index (χ1v) is 13.6. The molecule has 4 aromatic rings. The number of carbonyl (C=O) groups excluding carboxylic acids is 2. The third kappa shape index (κ3) is 7.56. The molecule has 0 fully saturated rings. The first-order chi connectivity index (χ1) is 20.6. The van der Waals surface area contributed by atoms with Crippen molar-refractivity contribution >= 4 is 35.3 Å². The van der Waals surface area contributed by atoms with Crippen molar-refractivity contribution in [3.63, 3.8) is 0 Å². The number of benzene rings is 4. The minimum absolute atomic E-state index is 0.303. The topological polar surface area (TPSA) is 139 Å². The Labute approximate surface area is 250 Å². The summed E-state index contributed by atoms with van der Waals surface area (Å²) in [5, 5.41) is 47.8. The van der Waals surface area contributed by atoms with Crippen molar-refractivity contribution in [3.05, 3.63) is 142 Å². The van der Waals surface area contributed by atoms with Crippen LogP contribution >= 0.6 is 0 Å². The highest BCUT2D eigenvalue weighted by atomic mass is 16.3. The van der Waals surface area contributed by atoms with Gasteiger partial charge in [-0.1, -0.05) is 59.7 Å². The van der Waals surface area contributed by atoms with Crippen LogP contribution in [0.1, 0.15) is 43.0 Å². The highest BCUT2D eigenvalue weighted by molar-refractivity contribution is 6.05. The fourth-order valence-corrected chi connectivity index (χ4v) is 4.24. The lowest BCUT2D eigenvalue weighted by molar-refractivity contribution is 0.0487. The van der Waals surface area contributed by atoms with Gasteiger partial charge < -0.3 is 31.1 Å². The molecule has 0 heterocycles. The van der Waals surface area contributed by atoms with Gasteiger partial charge in [-0.3, -0.25) is 9.59 Å². The summed E-state index contributed by atoms with van der Waals surface area (Å²) in [6, 6.07) is 27.5. The summed E-state index contributed by atoms with van der Waals surface area (Å²) in [5.74, 6) is -1.56. The number of rotatable bonds is 10. The molecule has 6 N–H and O–H groups in total. The summed E-state index contributed by atoms with van der Waals surface area (Å²) in [7, 11) is 0. The van der Waals surface area contributed by atoms with Crippen molar-refractivity contribution in [2.75, 3.05) is 23.8 Å². The SMILES string of the molecule is Cc1ccc(NC(=O)c2ccc(C=C(O)C(CO)(CO)C(O)=Cc3ccc(C(=O)Nc4ccc(C)cc4)cc3)cc2)cc1. The zero-order valence-corrected chi connectivity index (χ0v) is 23.9. The molecular weight excluding hydrogens is 544 g/mol. The number of amides is 2. The maximum Gasteiger partial charge on any atom is 0.255 e. The summed E-state index contributed by atoms with van der Waals surface area (Å²) in [5.41, 5.74) is 3.34. The van der Waals surface area contributed by atoms with Crippen molar-refractivity contribution in [1.29, 1.82) is 0 Å². The molecule has 2 amide bonds. The van der Waals surface area contributed by atoms with Crippen molar-refractivity contribution in [2.45, 2.75) is 13.8 Å². The van der Waals surface area contributed by atoms with E-state index in [1.807, 2.05) is 62.4 Å². The number of nitrogens with one attached hydrogen (secondary N) is 2. The first kappa shape index (κ1) is 30.8. The van der Waals surface area contributed by atoms with E-state index in [9.17, 15) is 30.0 Å². The van der Waals surface area contributed by atoms with Gasteiger partial charge in [-0.2, -0.15) is 0 Å². The van der Waals surface area contributed by atoms with Gasteiger partial charge in [0.25, 0.3) is 11.8 Å². The summed E-state index contributed by atoms with van der Waals surface area (Å²) in [6.45, 7) is 2.33. The highest BCUT2D eigenvalue weighted by Crippen LogP contribution is 2.34. The zero-order chi connectivity index (χ0) is 31.0. The smallest absolute Gasteiger partial charge is 0.255 e. The van der Waals surface area contributed by atoms with Crippen LogP contribution in [0.2, 0.25) is 0 Å². The molecule has 4 aromatic carbocycles. The Hall–Kier alpha value is -5.18. The molecule has 0 aliphatic rings. The van der Waals surface area contributed by atoms with E-state index in [1.54, 1.807) is 48.5 Å². The molecule has 220 valence electrons. The zero-order valence-electron chi connectivity index (χ0n) is 23.9. The number of aliphatic hydroxyl groups is 4. The normalized spacial score (nSPS) is 12.1. The molecule has 0 saturated carbocycles. The lowest BCUT2D eigenvalue weighted by Gasteiger charge is -2.28. The maximum absolute atomic E-state index is 12.6. The van der Waals surface area contributed by atoms with Crippen molar-refractivity contribution in [3.8, 4) is 0 Å². The van der Waals surface area contributed by atoms with E-state index >= 15 is 0 Å². The molecule has 0 aromatic heterocycles. The number of carbonyl (C=O) groups is 2. The molecule has 8 nitrogen and oxygen atoms in total. The Balaban J connectivity index is 1.48. The average molecular weight is 579 g/mol. The van der Waals surface area contributed by atoms with Gasteiger partial charge in [0.15, 0.2) is 0 Å². The van der Waals surface area contributed by atoms with Crippen molar-refractivity contribution in [2.24, 2.45) is 5.41 Å². The molecule has 43 heavy (non-hydrogen) atoms. The van der Waals surface area contributed by atoms with Crippen LogP contribution < -0.4 is 10.6 Å². The standard InChI is InChI=1S/C35H34N2O6/c1-23-3-15-29(16-4-23)36-33(42)27-11-7-25(8-12-27)19-31(40)35(21-38,22-39)32(41)20-26-9-13-28(14-10-26)34(43)37-30-17-5-24(2)6-18-30/h3-20,38-41H,21-22H2,1-2H3,(H,36,42)(H,37,43). The van der Waals surface area contributed by atoms with E-state index in [0.29, 0.717) is 33.6 Å². The number of hydrogen-bond acceptors (Lipinski definition) is 6. The van der Waals surface area contributed by atoms with Crippen LogP contribution in [0.3, 0.4) is 0 Å². The number of aliphatic hydroxyl groups excluding tert-OH is 4. The predicted molar refractivity (Wildman–Crippen MR) is 169 cm³/mol. The second kappa shape index (κ2) is 13.7. The summed E-state index contributed by atoms with van der Waals surface area (Å²) in [6.07, 6.45) is 2.60. The van der Waals surface area contributed by atoms with Crippen LogP contribution in [0.5, 0.6) is 0 Å². The molecule has 4 rings (SSSR count). The lowest BCUT2D eigenvalue weighted by Crippen LogP contribution is -2.34. The van der Waals surface area contributed by atoms with E-state index < -0.39 is 30.1 Å². The van der Waals surface area contributed by atoms with Gasteiger partial charge in [0, 0.05) is 22.5 Å². The Morgan fingerprint density at radius 1 is 0.581 bits per heavy atom.